The molecule has 38 heavy (non-hydrogen) atoms. The minimum absolute atomic E-state index is 0.0904. The van der Waals surface area contributed by atoms with E-state index in [0.717, 1.165) is 32.4 Å². The van der Waals surface area contributed by atoms with Gasteiger partial charge in [-0.2, -0.15) is 5.26 Å². The van der Waals surface area contributed by atoms with E-state index in [4.69, 9.17) is 10.7 Å². The number of aromatic nitrogens is 3. The quantitative estimate of drug-likeness (QED) is 0.309. The summed E-state index contributed by atoms with van der Waals surface area (Å²) in [5.41, 5.74) is 7.66. The molecule has 1 aliphatic rings. The Kier molecular flexibility index (Phi) is 6.63. The van der Waals surface area contributed by atoms with Crippen LogP contribution in [0.2, 0.25) is 0 Å². The number of nitrogen functional groups attached to an aromatic ring is 1. The van der Waals surface area contributed by atoms with E-state index in [1.54, 1.807) is 36.7 Å². The summed E-state index contributed by atoms with van der Waals surface area (Å²) in [5, 5.41) is 22.2. The van der Waals surface area contributed by atoms with Gasteiger partial charge in [0.1, 0.15) is 17.7 Å². The fraction of sp³-hybridized carbons (Fsp3) is 0.321. The van der Waals surface area contributed by atoms with Crippen LogP contribution in [0.15, 0.2) is 42.7 Å². The summed E-state index contributed by atoms with van der Waals surface area (Å²) in [5.74, 6) is -0.579. The van der Waals surface area contributed by atoms with Gasteiger partial charge in [0.15, 0.2) is 11.5 Å². The molecule has 0 saturated carbocycles. The summed E-state index contributed by atoms with van der Waals surface area (Å²) in [4.78, 5) is 11.6. The topological polar surface area (TPSA) is 115 Å². The van der Waals surface area contributed by atoms with Gasteiger partial charge in [0, 0.05) is 43.2 Å². The highest BCUT2D eigenvalue weighted by atomic mass is 19.1. The molecule has 1 aliphatic heterocycles. The zero-order chi connectivity index (χ0) is 27.0. The first kappa shape index (κ1) is 25.4. The summed E-state index contributed by atoms with van der Waals surface area (Å²) in [7, 11) is 0. The van der Waals surface area contributed by atoms with Crippen LogP contribution < -0.4 is 16.0 Å². The third-order valence-corrected chi connectivity index (χ3v) is 6.65. The molecule has 196 valence electrons. The van der Waals surface area contributed by atoms with Crippen LogP contribution >= 0.6 is 0 Å². The van der Waals surface area contributed by atoms with E-state index in [1.165, 1.54) is 24.3 Å². The van der Waals surface area contributed by atoms with Crippen LogP contribution in [0, 0.1) is 23.0 Å². The highest BCUT2D eigenvalue weighted by molar-refractivity contribution is 5.87. The van der Waals surface area contributed by atoms with Crippen molar-refractivity contribution >= 4 is 22.8 Å². The molecule has 0 bridgehead atoms. The number of nitriles is 1. The maximum Gasteiger partial charge on any atom is 0.181 e. The average molecular weight is 518 g/mol. The monoisotopic (exact) mass is 517 g/mol. The molecule has 5 rings (SSSR count). The number of rotatable bonds is 6. The Bertz CT molecular complexity index is 1550. The second-order valence-corrected chi connectivity index (χ2v) is 10.2. The smallest absolute Gasteiger partial charge is 0.181 e. The molecule has 1 saturated heterocycles. The van der Waals surface area contributed by atoms with E-state index in [1.807, 2.05) is 6.07 Å². The molecule has 0 amide bonds. The lowest BCUT2D eigenvalue weighted by molar-refractivity contribution is 0.0945. The van der Waals surface area contributed by atoms with Gasteiger partial charge in [0.2, 0.25) is 0 Å². The standard InChI is InChI=1S/C28H29F2N7O/c1-28(2,38)16-34-23-14-21(30)19(13-22(23)32)25-24(17-6-7-18(15-31)20(29)12-17)35-27-26(33-8-11-37(25)27)36-9-4-3-5-10-36/h6-8,11-14,34,38H,3-5,9-10,16,32H2,1-2H3. The van der Waals surface area contributed by atoms with Crippen LogP contribution in [0.1, 0.15) is 38.7 Å². The van der Waals surface area contributed by atoms with Gasteiger partial charge < -0.3 is 21.1 Å². The van der Waals surface area contributed by atoms with E-state index < -0.39 is 17.2 Å². The molecular formula is C28H29F2N7O. The van der Waals surface area contributed by atoms with Gasteiger partial charge in [-0.3, -0.25) is 4.40 Å². The largest absolute Gasteiger partial charge is 0.397 e. The first-order chi connectivity index (χ1) is 18.2. The molecule has 2 aromatic carbocycles. The zero-order valence-corrected chi connectivity index (χ0v) is 21.3. The van der Waals surface area contributed by atoms with Crippen LogP contribution in [0.25, 0.3) is 28.2 Å². The van der Waals surface area contributed by atoms with Gasteiger partial charge in [-0.05, 0) is 57.4 Å². The first-order valence-corrected chi connectivity index (χ1v) is 12.5. The molecule has 1 fully saturated rings. The fourth-order valence-corrected chi connectivity index (χ4v) is 4.74. The Morgan fingerprint density at radius 3 is 2.58 bits per heavy atom. The van der Waals surface area contributed by atoms with E-state index in [-0.39, 0.29) is 23.4 Å². The first-order valence-electron chi connectivity index (χ1n) is 12.5. The second kappa shape index (κ2) is 9.91. The number of imidazole rings is 1. The minimum Gasteiger partial charge on any atom is -0.397 e. The number of piperidine rings is 1. The Balaban J connectivity index is 1.72. The second-order valence-electron chi connectivity index (χ2n) is 10.2. The third-order valence-electron chi connectivity index (χ3n) is 6.65. The Morgan fingerprint density at radius 2 is 1.89 bits per heavy atom. The normalized spacial score (nSPS) is 14.1. The van der Waals surface area contributed by atoms with E-state index in [2.05, 4.69) is 15.2 Å². The summed E-state index contributed by atoms with van der Waals surface area (Å²) < 4.78 is 32.2. The van der Waals surface area contributed by atoms with Crippen molar-refractivity contribution in [2.75, 3.05) is 35.6 Å². The predicted octanol–water partition coefficient (Wildman–Crippen LogP) is 4.97. The number of hydrogen-bond donors (Lipinski definition) is 3. The van der Waals surface area contributed by atoms with E-state index in [9.17, 15) is 14.8 Å². The number of nitrogens with one attached hydrogen (secondary N) is 1. The van der Waals surface area contributed by atoms with E-state index >= 15 is 4.39 Å². The number of fused-ring (bicyclic) bond motifs is 1. The molecule has 10 heteroatoms. The lowest BCUT2D eigenvalue weighted by Crippen LogP contribution is -2.30. The van der Waals surface area contributed by atoms with Crippen molar-refractivity contribution in [1.82, 2.24) is 14.4 Å². The predicted molar refractivity (Wildman–Crippen MR) is 144 cm³/mol. The molecule has 0 aliphatic carbocycles. The van der Waals surface area contributed by atoms with Crippen LogP contribution in [-0.2, 0) is 0 Å². The number of aliphatic hydroxyl groups is 1. The molecule has 0 atom stereocenters. The van der Waals surface area contributed by atoms with Crippen molar-refractivity contribution in [3.05, 3.63) is 59.9 Å². The summed E-state index contributed by atoms with van der Waals surface area (Å²) in [6.45, 7) is 5.11. The lowest BCUT2D eigenvalue weighted by Gasteiger charge is -2.27. The van der Waals surface area contributed by atoms with Crippen molar-refractivity contribution in [2.45, 2.75) is 38.7 Å². The van der Waals surface area contributed by atoms with Gasteiger partial charge in [-0.25, -0.2) is 18.7 Å². The number of benzene rings is 2. The highest BCUT2D eigenvalue weighted by Gasteiger charge is 2.25. The van der Waals surface area contributed by atoms with Gasteiger partial charge in [0.05, 0.1) is 33.9 Å². The molecule has 0 spiro atoms. The maximum atomic E-state index is 15.7. The van der Waals surface area contributed by atoms with Crippen LogP contribution in [0.5, 0.6) is 0 Å². The Morgan fingerprint density at radius 1 is 1.13 bits per heavy atom. The highest BCUT2D eigenvalue weighted by Crippen LogP contribution is 2.39. The molecule has 8 nitrogen and oxygen atoms in total. The van der Waals surface area contributed by atoms with Gasteiger partial charge in [-0.1, -0.05) is 6.07 Å². The Hall–Kier alpha value is -4.23. The molecule has 2 aromatic heterocycles. The SMILES string of the molecule is CC(C)(O)CNc1cc(F)c(-c2c(-c3ccc(C#N)c(F)c3)nc3c(N4CCCCC4)nccn23)cc1N. The fourth-order valence-electron chi connectivity index (χ4n) is 4.74. The minimum atomic E-state index is -1.02. The van der Waals surface area contributed by atoms with Crippen molar-refractivity contribution in [2.24, 2.45) is 0 Å². The molecule has 0 radical (unpaired) electrons. The zero-order valence-electron chi connectivity index (χ0n) is 21.3. The van der Waals surface area contributed by atoms with Crippen molar-refractivity contribution in [3.63, 3.8) is 0 Å². The number of anilines is 3. The lowest BCUT2D eigenvalue weighted by atomic mass is 10.0. The van der Waals surface area contributed by atoms with Crippen LogP contribution in [0.3, 0.4) is 0 Å². The van der Waals surface area contributed by atoms with Gasteiger partial charge >= 0.3 is 0 Å². The van der Waals surface area contributed by atoms with Crippen molar-refractivity contribution in [1.29, 1.82) is 5.26 Å². The Labute approximate surface area is 219 Å². The average Bonchev–Trinajstić information content (AvgIpc) is 3.28. The van der Waals surface area contributed by atoms with Crippen molar-refractivity contribution < 1.29 is 13.9 Å². The molecule has 4 N–H and O–H groups in total. The van der Waals surface area contributed by atoms with Crippen molar-refractivity contribution in [3.8, 4) is 28.6 Å². The third kappa shape index (κ3) is 4.85. The molecule has 0 unspecified atom stereocenters. The van der Waals surface area contributed by atoms with Gasteiger partial charge in [-0.15, -0.1) is 0 Å². The summed E-state index contributed by atoms with van der Waals surface area (Å²) in [6.07, 6.45) is 6.56. The summed E-state index contributed by atoms with van der Waals surface area (Å²) in [6, 6.07) is 8.84. The van der Waals surface area contributed by atoms with Gasteiger partial charge in [0.25, 0.3) is 0 Å². The molecule has 3 heterocycles. The van der Waals surface area contributed by atoms with E-state index in [0.29, 0.717) is 34.1 Å². The number of hydrogen-bond acceptors (Lipinski definition) is 7. The molecular weight excluding hydrogens is 488 g/mol. The summed E-state index contributed by atoms with van der Waals surface area (Å²) >= 11 is 0. The van der Waals surface area contributed by atoms with Crippen LogP contribution in [-0.4, -0.2) is 44.7 Å². The van der Waals surface area contributed by atoms with Crippen LogP contribution in [0.4, 0.5) is 26.0 Å². The number of nitrogens with zero attached hydrogens (tertiary/aromatic N) is 5. The maximum absolute atomic E-state index is 15.7. The number of nitrogens with two attached hydrogens (primary N) is 1. The number of halogens is 2. The molecule has 4 aromatic rings.